The predicted octanol–water partition coefficient (Wildman–Crippen LogP) is 4.12. The number of benzene rings is 2. The van der Waals surface area contributed by atoms with Crippen molar-refractivity contribution in [1.29, 1.82) is 0 Å². The molecule has 2 aromatic carbocycles. The Kier molecular flexibility index (Phi) is 4.82. The predicted molar refractivity (Wildman–Crippen MR) is 111 cm³/mol. The number of anilines is 1. The molecule has 0 saturated carbocycles. The Morgan fingerprint density at radius 3 is 2.61 bits per heavy atom. The lowest BCUT2D eigenvalue weighted by atomic mass is 10.1. The first-order valence-electron chi connectivity index (χ1n) is 8.58. The normalized spacial score (nSPS) is 10.6. The summed E-state index contributed by atoms with van der Waals surface area (Å²) in [5.41, 5.74) is 4.30. The number of nitrogens with zero attached hydrogens (tertiary/aromatic N) is 2. The van der Waals surface area contributed by atoms with E-state index in [2.05, 4.69) is 20.5 Å². The molecule has 0 fully saturated rings. The largest absolute Gasteiger partial charge is 0.321 e. The molecule has 4 rings (SSSR count). The van der Waals surface area contributed by atoms with Crippen LogP contribution in [0.25, 0.3) is 21.8 Å². The summed E-state index contributed by atoms with van der Waals surface area (Å²) in [4.78, 5) is 28.2. The van der Waals surface area contributed by atoms with E-state index in [0.717, 1.165) is 16.1 Å². The summed E-state index contributed by atoms with van der Waals surface area (Å²) in [7, 11) is 0. The molecular weight excluding hydrogens is 372 g/mol. The zero-order valence-corrected chi connectivity index (χ0v) is 15.8. The van der Waals surface area contributed by atoms with Gasteiger partial charge in [0.1, 0.15) is 10.7 Å². The Hall–Kier alpha value is -3.58. The molecule has 0 atom stereocenters. The zero-order valence-electron chi connectivity index (χ0n) is 15.0. The second kappa shape index (κ2) is 7.58. The molecule has 0 bridgehead atoms. The minimum Gasteiger partial charge on any atom is -0.321 e. The SMILES string of the molecule is Cc1ccc(-c2nc(C(=O)Nc3cccc(-c4ccc(=O)[nH]n4)c3)cs2)cc1. The number of aromatic amines is 1. The molecule has 7 heteroatoms. The molecule has 0 aliphatic rings. The van der Waals surface area contributed by atoms with Crippen LogP contribution in [0.15, 0.2) is 70.8 Å². The van der Waals surface area contributed by atoms with E-state index in [1.54, 1.807) is 23.6 Å². The minimum absolute atomic E-state index is 0.263. The first-order valence-corrected chi connectivity index (χ1v) is 9.46. The van der Waals surface area contributed by atoms with Gasteiger partial charge in [0, 0.05) is 28.3 Å². The topological polar surface area (TPSA) is 87.7 Å². The number of amides is 1. The standard InChI is InChI=1S/C21H16N4O2S/c1-13-5-7-14(8-6-13)21-23-18(12-28-21)20(27)22-16-4-2-3-15(11-16)17-9-10-19(26)25-24-17/h2-12H,1H3,(H,22,27)(H,25,26). The number of carbonyl (C=O) groups excluding carboxylic acids is 1. The molecular formula is C21H16N4O2S. The monoisotopic (exact) mass is 388 g/mol. The number of carbonyl (C=O) groups is 1. The zero-order chi connectivity index (χ0) is 19.5. The van der Waals surface area contributed by atoms with Crippen LogP contribution in [-0.4, -0.2) is 21.1 Å². The Bertz CT molecular complexity index is 1180. The third-order valence-corrected chi connectivity index (χ3v) is 5.02. The number of H-pyrrole nitrogens is 1. The second-order valence-corrected chi connectivity index (χ2v) is 7.10. The summed E-state index contributed by atoms with van der Waals surface area (Å²) < 4.78 is 0. The lowest BCUT2D eigenvalue weighted by molar-refractivity contribution is 0.102. The first-order chi connectivity index (χ1) is 13.6. The van der Waals surface area contributed by atoms with Gasteiger partial charge in [0.25, 0.3) is 11.5 Å². The number of hydrogen-bond acceptors (Lipinski definition) is 5. The van der Waals surface area contributed by atoms with Crippen LogP contribution in [0.2, 0.25) is 0 Å². The summed E-state index contributed by atoms with van der Waals surface area (Å²) >= 11 is 1.43. The molecule has 2 heterocycles. The van der Waals surface area contributed by atoms with Crippen LogP contribution in [-0.2, 0) is 0 Å². The number of rotatable bonds is 4. The minimum atomic E-state index is -0.277. The van der Waals surface area contributed by atoms with Gasteiger partial charge >= 0.3 is 0 Å². The lowest BCUT2D eigenvalue weighted by Gasteiger charge is -2.06. The van der Waals surface area contributed by atoms with Gasteiger partial charge in [-0.05, 0) is 25.1 Å². The second-order valence-electron chi connectivity index (χ2n) is 6.25. The van der Waals surface area contributed by atoms with Crippen molar-refractivity contribution in [3.05, 3.63) is 87.7 Å². The summed E-state index contributed by atoms with van der Waals surface area (Å²) in [5, 5.41) is 11.8. The molecule has 28 heavy (non-hydrogen) atoms. The van der Waals surface area contributed by atoms with Crippen LogP contribution in [0.5, 0.6) is 0 Å². The van der Waals surface area contributed by atoms with Crippen LogP contribution >= 0.6 is 11.3 Å². The molecule has 138 valence electrons. The third-order valence-electron chi connectivity index (χ3n) is 4.13. The fourth-order valence-corrected chi connectivity index (χ4v) is 3.47. The molecule has 0 unspecified atom stereocenters. The van der Waals surface area contributed by atoms with Gasteiger partial charge in [-0.3, -0.25) is 9.59 Å². The van der Waals surface area contributed by atoms with Crippen molar-refractivity contribution in [3.63, 3.8) is 0 Å². The van der Waals surface area contributed by atoms with Crippen LogP contribution < -0.4 is 10.9 Å². The highest BCUT2D eigenvalue weighted by atomic mass is 32.1. The Balaban J connectivity index is 1.52. The number of thiazole rings is 1. The van der Waals surface area contributed by atoms with Gasteiger partial charge in [0.15, 0.2) is 0 Å². The van der Waals surface area contributed by atoms with Crippen molar-refractivity contribution >= 4 is 22.9 Å². The smallest absolute Gasteiger partial charge is 0.275 e. The van der Waals surface area contributed by atoms with E-state index < -0.39 is 0 Å². The van der Waals surface area contributed by atoms with Crippen LogP contribution in [0, 0.1) is 6.92 Å². The van der Waals surface area contributed by atoms with Crippen LogP contribution in [0.1, 0.15) is 16.1 Å². The van der Waals surface area contributed by atoms with E-state index in [9.17, 15) is 9.59 Å². The molecule has 1 amide bonds. The van der Waals surface area contributed by atoms with Crippen molar-refractivity contribution in [2.75, 3.05) is 5.32 Å². The van der Waals surface area contributed by atoms with Crippen molar-refractivity contribution in [1.82, 2.24) is 15.2 Å². The van der Waals surface area contributed by atoms with Crippen molar-refractivity contribution in [2.45, 2.75) is 6.92 Å². The van der Waals surface area contributed by atoms with Gasteiger partial charge in [-0.25, -0.2) is 10.1 Å². The van der Waals surface area contributed by atoms with Gasteiger partial charge in [-0.2, -0.15) is 5.10 Å². The highest BCUT2D eigenvalue weighted by Crippen LogP contribution is 2.25. The Morgan fingerprint density at radius 1 is 1.04 bits per heavy atom. The highest BCUT2D eigenvalue weighted by molar-refractivity contribution is 7.13. The van der Waals surface area contributed by atoms with Crippen molar-refractivity contribution in [2.24, 2.45) is 0 Å². The molecule has 0 aliphatic carbocycles. The number of aryl methyl sites for hydroxylation is 1. The van der Waals surface area contributed by atoms with Crippen LogP contribution in [0.4, 0.5) is 5.69 Å². The van der Waals surface area contributed by atoms with Crippen molar-refractivity contribution < 1.29 is 4.79 Å². The number of aromatic nitrogens is 3. The fourth-order valence-electron chi connectivity index (χ4n) is 2.66. The molecule has 6 nitrogen and oxygen atoms in total. The third kappa shape index (κ3) is 3.89. The molecule has 2 N–H and O–H groups in total. The number of nitrogens with one attached hydrogen (secondary N) is 2. The van der Waals surface area contributed by atoms with E-state index in [1.807, 2.05) is 43.3 Å². The van der Waals surface area contributed by atoms with Gasteiger partial charge < -0.3 is 5.32 Å². The molecule has 0 aliphatic heterocycles. The highest BCUT2D eigenvalue weighted by Gasteiger charge is 2.13. The van der Waals surface area contributed by atoms with E-state index in [4.69, 9.17) is 0 Å². The Morgan fingerprint density at radius 2 is 1.86 bits per heavy atom. The summed E-state index contributed by atoms with van der Waals surface area (Å²) in [6.45, 7) is 2.03. The van der Waals surface area contributed by atoms with Gasteiger partial charge in [0.2, 0.25) is 0 Å². The van der Waals surface area contributed by atoms with E-state index in [1.165, 1.54) is 23.0 Å². The van der Waals surface area contributed by atoms with Gasteiger partial charge in [-0.15, -0.1) is 11.3 Å². The molecule has 4 aromatic rings. The van der Waals surface area contributed by atoms with E-state index in [0.29, 0.717) is 17.1 Å². The number of hydrogen-bond donors (Lipinski definition) is 2. The maximum atomic E-state index is 12.6. The van der Waals surface area contributed by atoms with Gasteiger partial charge in [0.05, 0.1) is 5.69 Å². The molecule has 0 radical (unpaired) electrons. The maximum Gasteiger partial charge on any atom is 0.275 e. The maximum absolute atomic E-state index is 12.6. The molecule has 0 saturated heterocycles. The van der Waals surface area contributed by atoms with Gasteiger partial charge in [-0.1, -0.05) is 42.0 Å². The summed E-state index contributed by atoms with van der Waals surface area (Å²) in [6.07, 6.45) is 0. The molecule has 0 spiro atoms. The van der Waals surface area contributed by atoms with E-state index in [-0.39, 0.29) is 11.5 Å². The summed E-state index contributed by atoms with van der Waals surface area (Å²) in [5.74, 6) is -0.277. The van der Waals surface area contributed by atoms with E-state index >= 15 is 0 Å². The Labute approximate surface area is 164 Å². The van der Waals surface area contributed by atoms with Crippen LogP contribution in [0.3, 0.4) is 0 Å². The molecule has 2 aromatic heterocycles. The first kappa shape index (κ1) is 17.8. The fraction of sp³-hybridized carbons (Fsp3) is 0.0476. The van der Waals surface area contributed by atoms with Crippen molar-refractivity contribution in [3.8, 4) is 21.8 Å². The quantitative estimate of drug-likeness (QED) is 0.550. The summed E-state index contributed by atoms with van der Waals surface area (Å²) in [6, 6.07) is 18.3. The average molecular weight is 388 g/mol. The lowest BCUT2D eigenvalue weighted by Crippen LogP contribution is -2.12. The average Bonchev–Trinajstić information content (AvgIpc) is 3.20.